The number of quaternary nitrogens is 1. The van der Waals surface area contributed by atoms with Gasteiger partial charge in [-0.15, -0.1) is 0 Å². The van der Waals surface area contributed by atoms with Crippen LogP contribution in [0.25, 0.3) is 0 Å². The quantitative estimate of drug-likeness (QED) is 0.0747. The van der Waals surface area contributed by atoms with E-state index >= 15 is 0 Å². The summed E-state index contributed by atoms with van der Waals surface area (Å²) in [6, 6.07) is 0. The predicted octanol–water partition coefficient (Wildman–Crippen LogP) is 8.85. The summed E-state index contributed by atoms with van der Waals surface area (Å²) in [7, 11) is 2.92. The first kappa shape index (κ1) is 36.0. The Labute approximate surface area is 216 Å². The number of nitrogens with zero attached hydrogens (tertiary/aromatic N) is 1. The molecule has 0 saturated heterocycles. The molecule has 0 spiro atoms. The standard InChI is InChI=1S/C21H46N.C8H18O3S/c1-5-6-7-8-9-10-11-12-13-14-15-16-17-18-19-20-21-22(2,3)4;1-2-3-4-5-6-7-8-12(9,10)11/h5-21H2,1-4H3;2-8H2,1H3,(H,9,10,11)/q+1;/p-1. The maximum absolute atomic E-state index is 10.2. The molecule has 5 heteroatoms. The van der Waals surface area contributed by atoms with Gasteiger partial charge in [-0.3, -0.25) is 0 Å². The minimum Gasteiger partial charge on any atom is -0.748 e. The molecule has 0 heterocycles. The Morgan fingerprint density at radius 3 is 1.00 bits per heavy atom. The van der Waals surface area contributed by atoms with Crippen molar-refractivity contribution in [1.82, 2.24) is 0 Å². The van der Waals surface area contributed by atoms with E-state index in [0.29, 0.717) is 6.42 Å². The maximum atomic E-state index is 10.2. The molecule has 0 saturated carbocycles. The van der Waals surface area contributed by atoms with Gasteiger partial charge >= 0.3 is 0 Å². The summed E-state index contributed by atoms with van der Waals surface area (Å²) in [4.78, 5) is 0. The summed E-state index contributed by atoms with van der Waals surface area (Å²) in [5.74, 6) is -0.195. The fourth-order valence-corrected chi connectivity index (χ4v) is 4.75. The van der Waals surface area contributed by atoms with Crippen molar-refractivity contribution in [3.05, 3.63) is 0 Å². The molecule has 0 aliphatic heterocycles. The smallest absolute Gasteiger partial charge is 0.0945 e. The van der Waals surface area contributed by atoms with Crippen molar-refractivity contribution in [3.63, 3.8) is 0 Å². The molecule has 4 nitrogen and oxygen atoms in total. The van der Waals surface area contributed by atoms with E-state index in [1.54, 1.807) is 0 Å². The third-order valence-corrected chi connectivity index (χ3v) is 7.22. The minimum atomic E-state index is -3.97. The van der Waals surface area contributed by atoms with Crippen LogP contribution in [0.5, 0.6) is 0 Å². The fourth-order valence-electron chi connectivity index (χ4n) is 4.19. The minimum absolute atomic E-state index is 0.195. The third kappa shape index (κ3) is 39.1. The van der Waals surface area contributed by atoms with Gasteiger partial charge in [-0.25, -0.2) is 8.42 Å². The number of rotatable bonds is 24. The Kier molecular flexibility index (Phi) is 27.5. The van der Waals surface area contributed by atoms with Crippen LogP contribution in [0, 0.1) is 0 Å². The molecule has 0 amide bonds. The molecule has 0 rings (SSSR count). The first-order valence-corrected chi connectivity index (χ1v) is 16.4. The van der Waals surface area contributed by atoms with Gasteiger partial charge < -0.3 is 9.04 Å². The highest BCUT2D eigenvalue weighted by molar-refractivity contribution is 7.85. The van der Waals surface area contributed by atoms with Crippen LogP contribution in [-0.4, -0.2) is 50.9 Å². The molecular formula is C29H63NO3S. The van der Waals surface area contributed by atoms with Crippen LogP contribution in [0.4, 0.5) is 0 Å². The second-order valence-electron chi connectivity index (χ2n) is 11.3. The van der Waals surface area contributed by atoms with Crippen LogP contribution >= 0.6 is 0 Å². The summed E-state index contributed by atoms with van der Waals surface area (Å²) in [6.07, 6.45) is 29.3. The Morgan fingerprint density at radius 1 is 0.471 bits per heavy atom. The molecule has 0 aromatic rings. The van der Waals surface area contributed by atoms with E-state index in [-0.39, 0.29) is 5.75 Å². The lowest BCUT2D eigenvalue weighted by Crippen LogP contribution is -2.35. The zero-order chi connectivity index (χ0) is 26.0. The van der Waals surface area contributed by atoms with Crippen molar-refractivity contribution in [1.29, 1.82) is 0 Å². The molecule has 0 unspecified atom stereocenters. The maximum Gasteiger partial charge on any atom is 0.0945 e. The lowest BCUT2D eigenvalue weighted by atomic mass is 10.0. The lowest BCUT2D eigenvalue weighted by Gasteiger charge is -2.23. The van der Waals surface area contributed by atoms with Crippen molar-refractivity contribution < 1.29 is 17.5 Å². The molecule has 0 aliphatic rings. The summed E-state index contributed by atoms with van der Waals surface area (Å²) in [5, 5.41) is 0. The Bertz CT molecular complexity index is 486. The van der Waals surface area contributed by atoms with Gasteiger partial charge in [0.05, 0.1) is 37.8 Å². The Hall–Kier alpha value is -0.130. The third-order valence-electron chi connectivity index (χ3n) is 6.43. The lowest BCUT2D eigenvalue weighted by molar-refractivity contribution is -0.870. The molecular weight excluding hydrogens is 442 g/mol. The van der Waals surface area contributed by atoms with E-state index in [1.165, 1.54) is 122 Å². The molecule has 0 fully saturated rings. The predicted molar refractivity (Wildman–Crippen MR) is 150 cm³/mol. The van der Waals surface area contributed by atoms with Crippen molar-refractivity contribution in [2.75, 3.05) is 33.4 Å². The molecule has 0 radical (unpaired) electrons. The van der Waals surface area contributed by atoms with E-state index in [2.05, 4.69) is 35.0 Å². The number of unbranched alkanes of at least 4 members (excludes halogenated alkanes) is 20. The highest BCUT2D eigenvalue weighted by Crippen LogP contribution is 2.14. The summed E-state index contributed by atoms with van der Waals surface area (Å²) >= 11 is 0. The average Bonchev–Trinajstić information content (AvgIpc) is 2.75. The summed E-state index contributed by atoms with van der Waals surface area (Å²) < 4.78 is 31.6. The summed E-state index contributed by atoms with van der Waals surface area (Å²) in [5.41, 5.74) is 0. The fraction of sp³-hybridized carbons (Fsp3) is 1.00. The molecule has 0 aromatic heterocycles. The van der Waals surface area contributed by atoms with Crippen LogP contribution < -0.4 is 0 Å². The van der Waals surface area contributed by atoms with Gasteiger partial charge in [0.1, 0.15) is 0 Å². The monoisotopic (exact) mass is 505 g/mol. The van der Waals surface area contributed by atoms with Gasteiger partial charge in [-0.05, 0) is 19.3 Å². The van der Waals surface area contributed by atoms with E-state index in [4.69, 9.17) is 0 Å². The molecule has 0 N–H and O–H groups in total. The summed E-state index contributed by atoms with van der Waals surface area (Å²) in [6.45, 7) is 5.76. The molecule has 0 atom stereocenters. The topological polar surface area (TPSA) is 57.2 Å². The zero-order valence-corrected chi connectivity index (χ0v) is 24.9. The zero-order valence-electron chi connectivity index (χ0n) is 24.1. The van der Waals surface area contributed by atoms with E-state index in [0.717, 1.165) is 23.7 Å². The van der Waals surface area contributed by atoms with Gasteiger partial charge in [0.15, 0.2) is 0 Å². The van der Waals surface area contributed by atoms with Gasteiger partial charge in [-0.2, -0.15) is 0 Å². The van der Waals surface area contributed by atoms with Crippen LogP contribution in [0.2, 0.25) is 0 Å². The van der Waals surface area contributed by atoms with E-state index < -0.39 is 10.1 Å². The van der Waals surface area contributed by atoms with Gasteiger partial charge in [-0.1, -0.05) is 136 Å². The normalized spacial score (nSPS) is 11.9. The van der Waals surface area contributed by atoms with Crippen LogP contribution in [-0.2, 0) is 10.1 Å². The van der Waals surface area contributed by atoms with Crippen LogP contribution in [0.1, 0.15) is 155 Å². The Morgan fingerprint density at radius 2 is 0.735 bits per heavy atom. The highest BCUT2D eigenvalue weighted by atomic mass is 32.2. The second kappa shape index (κ2) is 25.9. The molecule has 34 heavy (non-hydrogen) atoms. The van der Waals surface area contributed by atoms with Gasteiger partial charge in [0, 0.05) is 5.75 Å². The first-order valence-electron chi connectivity index (χ1n) is 14.9. The number of hydrogen-bond donors (Lipinski definition) is 0. The van der Waals surface area contributed by atoms with Crippen LogP contribution in [0.15, 0.2) is 0 Å². The van der Waals surface area contributed by atoms with Crippen LogP contribution in [0.3, 0.4) is 0 Å². The molecule has 208 valence electrons. The molecule has 0 aliphatic carbocycles. The number of hydrogen-bond acceptors (Lipinski definition) is 3. The molecule has 0 aromatic carbocycles. The highest BCUT2D eigenvalue weighted by Gasteiger charge is 2.05. The SMILES string of the molecule is CCCCCCCCCCCCCCCCCC[N+](C)(C)C.CCCCCCCCS(=O)(=O)[O-]. The van der Waals surface area contributed by atoms with Gasteiger partial charge in [0.25, 0.3) is 0 Å². The van der Waals surface area contributed by atoms with Crippen molar-refractivity contribution in [2.24, 2.45) is 0 Å². The van der Waals surface area contributed by atoms with Gasteiger partial charge in [0.2, 0.25) is 0 Å². The molecule has 0 bridgehead atoms. The largest absolute Gasteiger partial charge is 0.748 e. The average molecular weight is 506 g/mol. The van der Waals surface area contributed by atoms with Crippen molar-refractivity contribution >= 4 is 10.1 Å². The van der Waals surface area contributed by atoms with E-state index in [1.807, 2.05) is 0 Å². The van der Waals surface area contributed by atoms with E-state index in [9.17, 15) is 13.0 Å². The first-order chi connectivity index (χ1) is 16.1. The Balaban J connectivity index is 0. The van der Waals surface area contributed by atoms with Crippen molar-refractivity contribution in [3.8, 4) is 0 Å². The second-order valence-corrected chi connectivity index (χ2v) is 12.9. The van der Waals surface area contributed by atoms with Crippen molar-refractivity contribution in [2.45, 2.75) is 155 Å².